The molecule has 1 aromatic rings. The highest BCUT2D eigenvalue weighted by atomic mass is 16.3. The van der Waals surface area contributed by atoms with Crippen LogP contribution in [0.15, 0.2) is 24.3 Å². The lowest BCUT2D eigenvalue weighted by molar-refractivity contribution is -0.168. The van der Waals surface area contributed by atoms with Crippen LogP contribution in [0.2, 0.25) is 0 Å². The van der Waals surface area contributed by atoms with Gasteiger partial charge in [0.2, 0.25) is 5.91 Å². The number of aliphatic hydroxyl groups is 1. The van der Waals surface area contributed by atoms with Crippen molar-refractivity contribution >= 4 is 5.91 Å². The van der Waals surface area contributed by atoms with Crippen molar-refractivity contribution in [3.63, 3.8) is 0 Å². The number of likely N-dealkylation sites (tertiary alicyclic amines) is 1. The Morgan fingerprint density at radius 3 is 2.04 bits per heavy atom. The Morgan fingerprint density at radius 1 is 1.00 bits per heavy atom. The zero-order valence-electron chi connectivity index (χ0n) is 14.5. The van der Waals surface area contributed by atoms with Gasteiger partial charge in [-0.3, -0.25) is 4.79 Å². The van der Waals surface area contributed by atoms with E-state index in [4.69, 9.17) is 0 Å². The number of nitrogens with zero attached hydrogens (tertiary/aromatic N) is 1. The van der Waals surface area contributed by atoms with Crippen LogP contribution in [0, 0.1) is 11.3 Å². The number of carbonyl (C=O) groups is 1. The predicted octanol–water partition coefficient (Wildman–Crippen LogP) is 3.43. The first-order valence-electron chi connectivity index (χ1n) is 9.54. The molecule has 3 nitrogen and oxygen atoms in total. The van der Waals surface area contributed by atoms with Gasteiger partial charge in [0.05, 0.1) is 5.60 Å². The highest BCUT2D eigenvalue weighted by molar-refractivity contribution is 5.81. The SMILES string of the molecule is C[C@]1(O)C[C@@H](C(=O)N2CC3(CC(c4ccc(C5CC5)cc4)C3)C2)C1. The van der Waals surface area contributed by atoms with Gasteiger partial charge in [0, 0.05) is 24.4 Å². The maximum absolute atomic E-state index is 12.4. The third kappa shape index (κ3) is 2.40. The van der Waals surface area contributed by atoms with Gasteiger partial charge in [0.1, 0.15) is 0 Å². The lowest BCUT2D eigenvalue weighted by Crippen LogP contribution is -2.65. The normalized spacial score (nSPS) is 34.4. The second kappa shape index (κ2) is 4.85. The van der Waals surface area contributed by atoms with E-state index < -0.39 is 5.60 Å². The Morgan fingerprint density at radius 2 is 1.54 bits per heavy atom. The van der Waals surface area contributed by atoms with E-state index >= 15 is 0 Å². The molecule has 1 aliphatic heterocycles. The number of benzene rings is 1. The quantitative estimate of drug-likeness (QED) is 0.925. The summed E-state index contributed by atoms with van der Waals surface area (Å²) in [7, 11) is 0. The van der Waals surface area contributed by atoms with Gasteiger partial charge in [-0.15, -0.1) is 0 Å². The molecule has 0 aromatic heterocycles. The Labute approximate surface area is 144 Å². The largest absolute Gasteiger partial charge is 0.390 e. The zero-order chi connectivity index (χ0) is 16.5. The molecule has 5 rings (SSSR count). The van der Waals surface area contributed by atoms with Crippen molar-refractivity contribution in [2.24, 2.45) is 11.3 Å². The van der Waals surface area contributed by atoms with Crippen LogP contribution in [0.25, 0.3) is 0 Å². The van der Waals surface area contributed by atoms with Crippen LogP contribution in [0.1, 0.15) is 68.4 Å². The zero-order valence-corrected chi connectivity index (χ0v) is 14.5. The predicted molar refractivity (Wildman–Crippen MR) is 92.8 cm³/mol. The highest BCUT2D eigenvalue weighted by Crippen LogP contribution is 2.57. The fourth-order valence-corrected chi connectivity index (χ4v) is 5.29. The van der Waals surface area contributed by atoms with E-state index in [1.807, 2.05) is 11.8 Å². The number of hydrogen-bond donors (Lipinski definition) is 1. The molecule has 4 fully saturated rings. The molecule has 0 bridgehead atoms. The van der Waals surface area contributed by atoms with Crippen LogP contribution in [-0.4, -0.2) is 34.6 Å². The first kappa shape index (κ1) is 14.9. The van der Waals surface area contributed by atoms with Gasteiger partial charge in [-0.25, -0.2) is 0 Å². The van der Waals surface area contributed by atoms with Crippen LogP contribution in [0.4, 0.5) is 0 Å². The minimum absolute atomic E-state index is 0.0724. The fourth-order valence-electron chi connectivity index (χ4n) is 5.29. The van der Waals surface area contributed by atoms with Crippen molar-refractivity contribution < 1.29 is 9.90 Å². The molecule has 24 heavy (non-hydrogen) atoms. The third-order valence-electron chi connectivity index (χ3n) is 6.90. The van der Waals surface area contributed by atoms with Crippen molar-refractivity contribution in [2.45, 2.75) is 62.9 Å². The van der Waals surface area contributed by atoms with Crippen molar-refractivity contribution in [1.29, 1.82) is 0 Å². The van der Waals surface area contributed by atoms with E-state index in [1.54, 1.807) is 0 Å². The fraction of sp³-hybridized carbons (Fsp3) is 0.667. The monoisotopic (exact) mass is 325 g/mol. The van der Waals surface area contributed by atoms with Gasteiger partial charge in [-0.2, -0.15) is 0 Å². The Kier molecular flexibility index (Phi) is 3.02. The maximum Gasteiger partial charge on any atom is 0.225 e. The molecule has 1 aromatic carbocycles. The van der Waals surface area contributed by atoms with E-state index in [0.717, 1.165) is 19.0 Å². The van der Waals surface area contributed by atoms with Crippen molar-refractivity contribution in [3.05, 3.63) is 35.4 Å². The van der Waals surface area contributed by atoms with E-state index in [1.165, 1.54) is 36.8 Å². The summed E-state index contributed by atoms with van der Waals surface area (Å²) in [6, 6.07) is 9.33. The molecule has 1 amide bonds. The smallest absolute Gasteiger partial charge is 0.225 e. The first-order chi connectivity index (χ1) is 11.4. The molecule has 0 unspecified atom stereocenters. The average Bonchev–Trinajstić information content (AvgIpc) is 3.26. The molecule has 3 heteroatoms. The number of hydrogen-bond acceptors (Lipinski definition) is 2. The highest BCUT2D eigenvalue weighted by Gasteiger charge is 2.55. The Balaban J connectivity index is 1.13. The Hall–Kier alpha value is -1.35. The molecule has 0 atom stereocenters. The molecule has 1 heterocycles. The summed E-state index contributed by atoms with van der Waals surface area (Å²) >= 11 is 0. The third-order valence-corrected chi connectivity index (χ3v) is 6.90. The average molecular weight is 325 g/mol. The number of amides is 1. The number of rotatable bonds is 3. The lowest BCUT2D eigenvalue weighted by atomic mass is 9.55. The van der Waals surface area contributed by atoms with E-state index in [0.29, 0.717) is 24.2 Å². The minimum atomic E-state index is -0.600. The van der Waals surface area contributed by atoms with Crippen LogP contribution >= 0.6 is 0 Å². The van der Waals surface area contributed by atoms with Crippen molar-refractivity contribution in [3.8, 4) is 0 Å². The summed E-state index contributed by atoms with van der Waals surface area (Å²) in [5.41, 5.74) is 2.81. The molecule has 4 aliphatic rings. The maximum atomic E-state index is 12.4. The summed E-state index contributed by atoms with van der Waals surface area (Å²) in [6.45, 7) is 3.72. The molecule has 128 valence electrons. The van der Waals surface area contributed by atoms with Crippen LogP contribution in [0.3, 0.4) is 0 Å². The second-order valence-corrected chi connectivity index (χ2v) is 9.34. The summed E-state index contributed by atoms with van der Waals surface area (Å²) in [5, 5.41) is 9.81. The van der Waals surface area contributed by atoms with Gasteiger partial charge >= 0.3 is 0 Å². The molecular weight excluding hydrogens is 298 g/mol. The minimum Gasteiger partial charge on any atom is -0.390 e. The van der Waals surface area contributed by atoms with Crippen LogP contribution < -0.4 is 0 Å². The summed E-state index contributed by atoms with van der Waals surface area (Å²) in [4.78, 5) is 14.4. The Bertz CT molecular complexity index is 652. The first-order valence-corrected chi connectivity index (χ1v) is 9.54. The summed E-state index contributed by atoms with van der Waals surface area (Å²) in [6.07, 6.45) is 6.50. The second-order valence-electron chi connectivity index (χ2n) is 9.34. The molecule has 0 radical (unpaired) electrons. The topological polar surface area (TPSA) is 40.5 Å². The van der Waals surface area contributed by atoms with Gasteiger partial charge in [-0.1, -0.05) is 24.3 Å². The molecule has 3 saturated carbocycles. The van der Waals surface area contributed by atoms with Gasteiger partial charge in [-0.05, 0) is 68.4 Å². The summed E-state index contributed by atoms with van der Waals surface area (Å²) < 4.78 is 0. The molecule has 3 aliphatic carbocycles. The lowest BCUT2D eigenvalue weighted by Gasteiger charge is -2.60. The molecule has 1 N–H and O–H groups in total. The van der Waals surface area contributed by atoms with Gasteiger partial charge in [0.25, 0.3) is 0 Å². The van der Waals surface area contributed by atoms with Gasteiger partial charge in [0.15, 0.2) is 0 Å². The van der Waals surface area contributed by atoms with Crippen molar-refractivity contribution in [2.75, 3.05) is 13.1 Å². The standard InChI is InChI=1S/C21H27NO2/c1-20(24)8-18(9-20)19(23)22-12-21(13-22)10-17(11-21)16-6-4-15(5-7-16)14-2-3-14/h4-7,14,17-18,24H,2-3,8-13H2,1H3/t18-,20+. The van der Waals surface area contributed by atoms with Crippen molar-refractivity contribution in [1.82, 2.24) is 4.90 Å². The molecular formula is C21H27NO2. The molecule has 1 spiro atoms. The van der Waals surface area contributed by atoms with Crippen LogP contribution in [0.5, 0.6) is 0 Å². The van der Waals surface area contributed by atoms with E-state index in [9.17, 15) is 9.90 Å². The summed E-state index contributed by atoms with van der Waals surface area (Å²) in [5.74, 6) is 1.89. The number of carbonyl (C=O) groups excluding carboxylic acids is 1. The van der Waals surface area contributed by atoms with E-state index in [-0.39, 0.29) is 11.8 Å². The van der Waals surface area contributed by atoms with Gasteiger partial charge < -0.3 is 10.0 Å². The van der Waals surface area contributed by atoms with E-state index in [2.05, 4.69) is 24.3 Å². The van der Waals surface area contributed by atoms with Crippen LogP contribution in [-0.2, 0) is 4.79 Å². The molecule has 1 saturated heterocycles.